The van der Waals surface area contributed by atoms with Gasteiger partial charge in [-0.1, -0.05) is 23.2 Å². The van der Waals surface area contributed by atoms with Gasteiger partial charge in [0.25, 0.3) is 5.91 Å². The van der Waals surface area contributed by atoms with E-state index < -0.39 is 17.7 Å². The zero-order valence-electron chi connectivity index (χ0n) is 20.3. The number of amides is 1. The minimum Gasteiger partial charge on any atom is -0.492 e. The third-order valence-electron chi connectivity index (χ3n) is 4.40. The van der Waals surface area contributed by atoms with E-state index in [0.29, 0.717) is 55.1 Å². The van der Waals surface area contributed by atoms with Crippen LogP contribution in [0.2, 0.25) is 10.0 Å². The fraction of sp³-hybridized carbons (Fsp3) is 0.417. The van der Waals surface area contributed by atoms with Crippen molar-refractivity contribution in [2.75, 3.05) is 31.7 Å². The van der Waals surface area contributed by atoms with Crippen molar-refractivity contribution in [2.45, 2.75) is 40.7 Å². The van der Waals surface area contributed by atoms with Crippen LogP contribution in [0.25, 0.3) is 0 Å². The van der Waals surface area contributed by atoms with Gasteiger partial charge < -0.3 is 24.3 Å². The number of halogens is 2. The van der Waals surface area contributed by atoms with Crippen LogP contribution < -0.4 is 24.3 Å². The number of ketones is 1. The number of hydrogen-bond donors (Lipinski definition) is 1. The highest BCUT2D eigenvalue weighted by atomic mass is 35.5. The molecule has 0 aromatic heterocycles. The Labute approximate surface area is 214 Å². The zero-order chi connectivity index (χ0) is 26.0. The van der Waals surface area contributed by atoms with Crippen molar-refractivity contribution in [1.29, 1.82) is 0 Å². The molecular weight excluding hydrogens is 497 g/mol. The zero-order valence-corrected chi connectivity index (χ0v) is 21.8. The third kappa shape index (κ3) is 7.73. The second-order valence-electron chi connectivity index (χ2n) is 6.99. The Kier molecular flexibility index (Phi) is 11.1. The number of hydrogen-bond acceptors (Lipinski definition) is 8. The average Bonchev–Trinajstić information content (AvgIpc) is 2.80. The number of nitrogens with one attached hydrogen (secondary N) is 1. The Bertz CT molecular complexity index is 1050. The highest BCUT2D eigenvalue weighted by molar-refractivity contribution is 6.34. The SMILES string of the molecule is CCOc1cc(Cl)c(N=NC(C(C)=O)C(=O)Nc2cc(OCC)c(Cl)c(OCC)c2)cc1OCC. The summed E-state index contributed by atoms with van der Waals surface area (Å²) in [4.78, 5) is 25.1. The summed E-state index contributed by atoms with van der Waals surface area (Å²) in [6.45, 7) is 10.0. The molecule has 190 valence electrons. The molecule has 1 amide bonds. The molecule has 0 heterocycles. The first-order valence-corrected chi connectivity index (χ1v) is 11.9. The summed E-state index contributed by atoms with van der Waals surface area (Å²) in [5.41, 5.74) is 0.548. The van der Waals surface area contributed by atoms with Crippen LogP contribution in [0.5, 0.6) is 23.0 Å². The summed E-state index contributed by atoms with van der Waals surface area (Å²) < 4.78 is 22.1. The maximum Gasteiger partial charge on any atom is 0.258 e. The van der Waals surface area contributed by atoms with Crippen molar-refractivity contribution in [3.8, 4) is 23.0 Å². The fourth-order valence-corrected chi connectivity index (χ4v) is 3.36. The van der Waals surface area contributed by atoms with Crippen LogP contribution in [0.3, 0.4) is 0 Å². The second kappa shape index (κ2) is 13.7. The van der Waals surface area contributed by atoms with Gasteiger partial charge in [0.15, 0.2) is 17.3 Å². The van der Waals surface area contributed by atoms with Crippen LogP contribution in [-0.2, 0) is 9.59 Å². The summed E-state index contributed by atoms with van der Waals surface area (Å²) in [6, 6.07) is 4.74. The normalized spacial score (nSPS) is 11.7. The molecule has 0 aliphatic carbocycles. The van der Waals surface area contributed by atoms with E-state index >= 15 is 0 Å². The van der Waals surface area contributed by atoms with Gasteiger partial charge in [-0.3, -0.25) is 9.59 Å². The predicted molar refractivity (Wildman–Crippen MR) is 135 cm³/mol. The molecule has 2 rings (SSSR count). The molecule has 9 nitrogen and oxygen atoms in total. The average molecular weight is 526 g/mol. The van der Waals surface area contributed by atoms with Crippen LogP contribution in [0.4, 0.5) is 11.4 Å². The molecule has 1 unspecified atom stereocenters. The summed E-state index contributed by atoms with van der Waals surface area (Å²) in [6.07, 6.45) is 0. The second-order valence-corrected chi connectivity index (χ2v) is 7.77. The Morgan fingerprint density at radius 1 is 0.829 bits per heavy atom. The number of nitrogens with zero attached hydrogens (tertiary/aromatic N) is 2. The standard InChI is InChI=1S/C24H29Cl2N3O6/c1-6-32-18-12-16(25)17(13-19(18)33-7-2)28-29-23(14(5)30)24(31)27-15-10-20(34-8-3)22(26)21(11-15)35-9-4/h10-13,23H,6-9H2,1-5H3,(H,27,31). The van der Waals surface area contributed by atoms with Crippen molar-refractivity contribution in [3.05, 3.63) is 34.3 Å². The van der Waals surface area contributed by atoms with Crippen molar-refractivity contribution in [1.82, 2.24) is 0 Å². The molecule has 1 atom stereocenters. The van der Waals surface area contributed by atoms with Crippen LogP contribution in [0.1, 0.15) is 34.6 Å². The smallest absolute Gasteiger partial charge is 0.258 e. The van der Waals surface area contributed by atoms with Crippen molar-refractivity contribution in [3.63, 3.8) is 0 Å². The van der Waals surface area contributed by atoms with Crippen molar-refractivity contribution in [2.24, 2.45) is 10.2 Å². The van der Waals surface area contributed by atoms with Gasteiger partial charge in [0.1, 0.15) is 22.2 Å². The third-order valence-corrected chi connectivity index (χ3v) is 5.08. The minimum atomic E-state index is -1.42. The number of carbonyl (C=O) groups excluding carboxylic acids is 2. The number of ether oxygens (including phenoxy) is 4. The Balaban J connectivity index is 2.33. The number of rotatable bonds is 13. The van der Waals surface area contributed by atoms with Crippen LogP contribution in [0.15, 0.2) is 34.5 Å². The molecule has 0 radical (unpaired) electrons. The first kappa shape index (κ1) is 28.2. The molecule has 0 saturated carbocycles. The van der Waals surface area contributed by atoms with Crippen LogP contribution in [0, 0.1) is 0 Å². The van der Waals surface area contributed by atoms with Gasteiger partial charge in [-0.25, -0.2) is 0 Å². The van der Waals surface area contributed by atoms with E-state index in [1.54, 1.807) is 19.9 Å². The fourth-order valence-electron chi connectivity index (χ4n) is 2.95. The quantitative estimate of drug-likeness (QED) is 0.244. The lowest BCUT2D eigenvalue weighted by atomic mass is 10.2. The summed E-state index contributed by atoms with van der Waals surface area (Å²) in [7, 11) is 0. The Hall–Kier alpha value is -3.04. The summed E-state index contributed by atoms with van der Waals surface area (Å²) in [5.74, 6) is 0.340. The van der Waals surface area contributed by atoms with Gasteiger partial charge in [0.05, 0.1) is 31.5 Å². The Morgan fingerprint density at radius 3 is 1.80 bits per heavy atom. The largest absolute Gasteiger partial charge is 0.492 e. The minimum absolute atomic E-state index is 0.223. The lowest BCUT2D eigenvalue weighted by molar-refractivity contribution is -0.126. The first-order chi connectivity index (χ1) is 16.7. The van der Waals surface area contributed by atoms with E-state index in [2.05, 4.69) is 15.5 Å². The maximum atomic E-state index is 12.9. The lowest BCUT2D eigenvalue weighted by Gasteiger charge is -2.15. The van der Waals surface area contributed by atoms with Gasteiger partial charge in [0.2, 0.25) is 6.04 Å². The molecule has 2 aromatic rings. The molecule has 2 aromatic carbocycles. The van der Waals surface area contributed by atoms with E-state index in [4.69, 9.17) is 42.1 Å². The molecule has 0 fully saturated rings. The molecule has 35 heavy (non-hydrogen) atoms. The lowest BCUT2D eigenvalue weighted by Crippen LogP contribution is -2.31. The molecular formula is C24H29Cl2N3O6. The maximum absolute atomic E-state index is 12.9. The van der Waals surface area contributed by atoms with E-state index in [9.17, 15) is 9.59 Å². The Morgan fingerprint density at radius 2 is 1.31 bits per heavy atom. The van der Waals surface area contributed by atoms with Gasteiger partial charge in [-0.2, -0.15) is 10.2 Å². The van der Waals surface area contributed by atoms with Crippen LogP contribution in [-0.4, -0.2) is 44.2 Å². The first-order valence-electron chi connectivity index (χ1n) is 11.2. The van der Waals surface area contributed by atoms with Crippen LogP contribution >= 0.6 is 23.2 Å². The number of Topliss-reactive ketones (excluding diaryl/α,β-unsaturated/α-hetero) is 1. The molecule has 0 saturated heterocycles. The monoisotopic (exact) mass is 525 g/mol. The molecule has 0 bridgehead atoms. The van der Waals surface area contributed by atoms with E-state index in [-0.39, 0.29) is 15.7 Å². The number of azo groups is 1. The van der Waals surface area contributed by atoms with E-state index in [0.717, 1.165) is 0 Å². The number of benzene rings is 2. The molecule has 1 N–H and O–H groups in total. The van der Waals surface area contributed by atoms with Gasteiger partial charge in [-0.15, -0.1) is 0 Å². The van der Waals surface area contributed by atoms with Crippen molar-refractivity contribution < 1.29 is 28.5 Å². The molecule has 0 spiro atoms. The highest BCUT2D eigenvalue weighted by Crippen LogP contribution is 2.39. The van der Waals surface area contributed by atoms with E-state index in [1.807, 2.05) is 13.8 Å². The van der Waals surface area contributed by atoms with E-state index in [1.165, 1.54) is 25.1 Å². The molecule has 11 heteroatoms. The van der Waals surface area contributed by atoms with Gasteiger partial charge in [0, 0.05) is 30.0 Å². The van der Waals surface area contributed by atoms with Gasteiger partial charge >= 0.3 is 0 Å². The number of carbonyl (C=O) groups is 2. The van der Waals surface area contributed by atoms with Gasteiger partial charge in [-0.05, 0) is 34.6 Å². The summed E-state index contributed by atoms with van der Waals surface area (Å²) in [5, 5.41) is 11.2. The summed E-state index contributed by atoms with van der Waals surface area (Å²) >= 11 is 12.6. The molecule has 0 aliphatic heterocycles. The number of anilines is 1. The topological polar surface area (TPSA) is 108 Å². The predicted octanol–water partition coefficient (Wildman–Crippen LogP) is 6.27. The molecule has 0 aliphatic rings. The highest BCUT2D eigenvalue weighted by Gasteiger charge is 2.24. The van der Waals surface area contributed by atoms with Crippen molar-refractivity contribution >= 4 is 46.3 Å².